The van der Waals surface area contributed by atoms with Gasteiger partial charge in [-0.1, -0.05) is 25.2 Å². The van der Waals surface area contributed by atoms with E-state index in [1.165, 1.54) is 24.8 Å². The van der Waals surface area contributed by atoms with Crippen molar-refractivity contribution < 1.29 is 4.79 Å². The fraction of sp³-hybridized carbons (Fsp3) is 0.583. The van der Waals surface area contributed by atoms with Gasteiger partial charge in [0, 0.05) is 5.41 Å². The first-order chi connectivity index (χ1) is 6.18. The van der Waals surface area contributed by atoms with Crippen LogP contribution in [0.25, 0.3) is 0 Å². The molecule has 0 unspecified atom stereocenters. The maximum atomic E-state index is 10.3. The maximum absolute atomic E-state index is 10.3. The summed E-state index contributed by atoms with van der Waals surface area (Å²) in [6.45, 7) is 6.40. The Morgan fingerprint density at radius 1 is 1.54 bits per heavy atom. The molecule has 70 valence electrons. The van der Waals surface area contributed by atoms with Crippen molar-refractivity contribution in [2.24, 2.45) is 17.3 Å². The molecule has 3 atom stereocenters. The van der Waals surface area contributed by atoms with Crippen LogP contribution in [0.15, 0.2) is 24.3 Å². The van der Waals surface area contributed by atoms with Crippen LogP contribution in [0.5, 0.6) is 0 Å². The summed E-state index contributed by atoms with van der Waals surface area (Å²) in [4.78, 5) is 10.3. The van der Waals surface area contributed by atoms with Gasteiger partial charge in [0.05, 0.1) is 0 Å². The highest BCUT2D eigenvalue weighted by Crippen LogP contribution is 2.59. The van der Waals surface area contributed by atoms with Gasteiger partial charge in [-0.2, -0.15) is 0 Å². The first-order valence-corrected chi connectivity index (χ1v) is 5.00. The molecule has 0 aromatic heterocycles. The van der Waals surface area contributed by atoms with Crippen LogP contribution in [-0.4, -0.2) is 6.29 Å². The van der Waals surface area contributed by atoms with Gasteiger partial charge in [-0.05, 0) is 37.2 Å². The third kappa shape index (κ3) is 1.10. The van der Waals surface area contributed by atoms with E-state index in [0.29, 0.717) is 0 Å². The summed E-state index contributed by atoms with van der Waals surface area (Å²) >= 11 is 0. The van der Waals surface area contributed by atoms with Crippen LogP contribution in [0.3, 0.4) is 0 Å². The zero-order chi connectivity index (χ0) is 9.47. The Kier molecular flexibility index (Phi) is 1.90. The summed E-state index contributed by atoms with van der Waals surface area (Å²) in [5, 5.41) is 0. The van der Waals surface area contributed by atoms with Crippen molar-refractivity contribution in [3.63, 3.8) is 0 Å². The van der Waals surface area contributed by atoms with Crippen LogP contribution in [-0.2, 0) is 4.79 Å². The zero-order valence-electron chi connectivity index (χ0n) is 8.12. The standard InChI is InChI=1S/C12H16O/c1-9-10-4-5-11(8-10)12(9,2)6-3-7-13/h3,6-7,10-11H,1,4-5,8H2,2H3/b6-3+/t10-,11+,12+/m0/s1. The summed E-state index contributed by atoms with van der Waals surface area (Å²) in [5.74, 6) is 1.47. The number of rotatable bonds is 2. The molecule has 2 aliphatic rings. The molecule has 0 aliphatic heterocycles. The van der Waals surface area contributed by atoms with Crippen molar-refractivity contribution in [1.82, 2.24) is 0 Å². The number of aldehydes is 1. The monoisotopic (exact) mass is 176 g/mol. The molecule has 0 spiro atoms. The third-order valence-corrected chi connectivity index (χ3v) is 3.99. The van der Waals surface area contributed by atoms with Gasteiger partial charge in [-0.25, -0.2) is 0 Å². The van der Waals surface area contributed by atoms with E-state index in [-0.39, 0.29) is 5.41 Å². The molecule has 2 fully saturated rings. The van der Waals surface area contributed by atoms with Crippen LogP contribution < -0.4 is 0 Å². The van der Waals surface area contributed by atoms with Gasteiger partial charge in [0.2, 0.25) is 0 Å². The molecule has 2 rings (SSSR count). The highest BCUT2D eigenvalue weighted by Gasteiger charge is 2.49. The van der Waals surface area contributed by atoms with E-state index in [4.69, 9.17) is 0 Å². The van der Waals surface area contributed by atoms with E-state index in [9.17, 15) is 4.79 Å². The Balaban J connectivity index is 2.27. The lowest BCUT2D eigenvalue weighted by Crippen LogP contribution is -2.23. The second-order valence-electron chi connectivity index (χ2n) is 4.51. The summed E-state index contributed by atoms with van der Waals surface area (Å²) in [6.07, 6.45) is 8.46. The highest BCUT2D eigenvalue weighted by molar-refractivity contribution is 5.65. The van der Waals surface area contributed by atoms with Crippen molar-refractivity contribution in [2.75, 3.05) is 0 Å². The van der Waals surface area contributed by atoms with Crippen LogP contribution in [0.2, 0.25) is 0 Å². The van der Waals surface area contributed by atoms with Gasteiger partial charge in [-0.15, -0.1) is 0 Å². The number of hydrogen-bond donors (Lipinski definition) is 0. The Labute approximate surface area is 79.5 Å². The van der Waals surface area contributed by atoms with Gasteiger partial charge in [-0.3, -0.25) is 4.79 Å². The average molecular weight is 176 g/mol. The van der Waals surface area contributed by atoms with Crippen LogP contribution in [0, 0.1) is 17.3 Å². The van der Waals surface area contributed by atoms with Crippen molar-refractivity contribution in [3.05, 3.63) is 24.3 Å². The second-order valence-corrected chi connectivity index (χ2v) is 4.51. The molecule has 0 saturated heterocycles. The van der Waals surface area contributed by atoms with E-state index in [1.54, 1.807) is 6.08 Å². The minimum atomic E-state index is 0.115. The molecule has 0 amide bonds. The molecule has 0 N–H and O–H groups in total. The molecule has 0 heterocycles. The number of hydrogen-bond acceptors (Lipinski definition) is 1. The smallest absolute Gasteiger partial charge is 0.142 e. The lowest BCUT2D eigenvalue weighted by atomic mass is 9.72. The van der Waals surface area contributed by atoms with Gasteiger partial charge in [0.25, 0.3) is 0 Å². The Morgan fingerprint density at radius 3 is 2.85 bits per heavy atom. The first kappa shape index (κ1) is 8.74. The molecular weight excluding hydrogens is 160 g/mol. The van der Waals surface area contributed by atoms with Gasteiger partial charge in [0.15, 0.2) is 0 Å². The van der Waals surface area contributed by atoms with Gasteiger partial charge < -0.3 is 0 Å². The minimum absolute atomic E-state index is 0.115. The van der Waals surface area contributed by atoms with Gasteiger partial charge >= 0.3 is 0 Å². The zero-order valence-corrected chi connectivity index (χ0v) is 8.12. The Hall–Kier alpha value is -0.850. The molecule has 0 aromatic carbocycles. The molecule has 13 heavy (non-hydrogen) atoms. The van der Waals surface area contributed by atoms with Crippen LogP contribution >= 0.6 is 0 Å². The van der Waals surface area contributed by atoms with Crippen LogP contribution in [0.4, 0.5) is 0 Å². The fourth-order valence-corrected chi connectivity index (χ4v) is 3.03. The van der Waals surface area contributed by atoms with Crippen LogP contribution in [0.1, 0.15) is 26.2 Å². The lowest BCUT2D eigenvalue weighted by Gasteiger charge is -2.33. The molecular formula is C12H16O. The summed E-state index contributed by atoms with van der Waals surface area (Å²) in [6, 6.07) is 0. The van der Waals surface area contributed by atoms with E-state index in [1.807, 2.05) is 6.08 Å². The topological polar surface area (TPSA) is 17.1 Å². The first-order valence-electron chi connectivity index (χ1n) is 5.00. The average Bonchev–Trinajstić information content (AvgIpc) is 2.68. The van der Waals surface area contributed by atoms with Crippen molar-refractivity contribution in [3.8, 4) is 0 Å². The molecule has 0 radical (unpaired) electrons. The molecule has 2 saturated carbocycles. The minimum Gasteiger partial charge on any atom is -0.299 e. The quantitative estimate of drug-likeness (QED) is 0.359. The molecule has 2 aliphatic carbocycles. The summed E-state index contributed by atoms with van der Waals surface area (Å²) < 4.78 is 0. The predicted octanol–water partition coefficient (Wildman–Crippen LogP) is 2.73. The number of carbonyl (C=O) groups is 1. The molecule has 1 heteroatoms. The second kappa shape index (κ2) is 2.83. The highest BCUT2D eigenvalue weighted by atomic mass is 16.1. The van der Waals surface area contributed by atoms with Crippen molar-refractivity contribution >= 4 is 6.29 Å². The molecule has 2 bridgehead atoms. The predicted molar refractivity (Wildman–Crippen MR) is 53.3 cm³/mol. The lowest BCUT2D eigenvalue weighted by molar-refractivity contribution is -0.104. The van der Waals surface area contributed by atoms with E-state index in [0.717, 1.165) is 18.1 Å². The largest absolute Gasteiger partial charge is 0.299 e. The number of allylic oxidation sites excluding steroid dienone is 3. The van der Waals surface area contributed by atoms with E-state index >= 15 is 0 Å². The molecule has 1 nitrogen and oxygen atoms in total. The maximum Gasteiger partial charge on any atom is 0.142 e. The third-order valence-electron chi connectivity index (χ3n) is 3.99. The number of fused-ring (bicyclic) bond motifs is 2. The van der Waals surface area contributed by atoms with Crippen molar-refractivity contribution in [1.29, 1.82) is 0 Å². The summed E-state index contributed by atoms with van der Waals surface area (Å²) in [7, 11) is 0. The Bertz CT molecular complexity index is 277. The van der Waals surface area contributed by atoms with E-state index < -0.39 is 0 Å². The Morgan fingerprint density at radius 2 is 2.31 bits per heavy atom. The summed E-state index contributed by atoms with van der Waals surface area (Å²) in [5.41, 5.74) is 1.46. The van der Waals surface area contributed by atoms with Crippen molar-refractivity contribution in [2.45, 2.75) is 26.2 Å². The van der Waals surface area contributed by atoms with Gasteiger partial charge in [0.1, 0.15) is 6.29 Å². The van der Waals surface area contributed by atoms with E-state index in [2.05, 4.69) is 13.5 Å². The molecule has 0 aromatic rings. The SMILES string of the molecule is C=C1[C@H]2CC[C@H](C2)[C@]1(C)/C=C/C=O. The number of carbonyl (C=O) groups excluding carboxylic acids is 1. The normalized spacial score (nSPS) is 43.3. The fourth-order valence-electron chi connectivity index (χ4n) is 3.03.